The van der Waals surface area contributed by atoms with Gasteiger partial charge < -0.3 is 14.5 Å². The highest BCUT2D eigenvalue weighted by molar-refractivity contribution is 6.46. The van der Waals surface area contributed by atoms with Crippen molar-refractivity contribution in [2.24, 2.45) is 4.99 Å². The summed E-state index contributed by atoms with van der Waals surface area (Å²) in [6, 6.07) is 7.42. The Kier molecular flexibility index (Phi) is 4.11. The number of hydrogen-bond acceptors (Lipinski definition) is 5. The van der Waals surface area contributed by atoms with Crippen LogP contribution in [0.15, 0.2) is 33.8 Å². The van der Waals surface area contributed by atoms with E-state index in [2.05, 4.69) is 10.1 Å². The van der Waals surface area contributed by atoms with E-state index < -0.39 is 23.4 Å². The van der Waals surface area contributed by atoms with Gasteiger partial charge in [0.1, 0.15) is 11.4 Å². The van der Waals surface area contributed by atoms with Gasteiger partial charge in [-0.25, -0.2) is 0 Å². The fourth-order valence-electron chi connectivity index (χ4n) is 3.72. The standard InChI is InChI=1S/C19H18F3N3O3/c1-10-8-25(17(26)15-12-6-4-3-5-11(12)7-23-15)9-13-14(10)16(24-28-13)18(2,27)19(20,21)22/h3-6,10,27H,7-9H2,1-2H3/t10-,18+/m0/s1. The first kappa shape index (κ1) is 18.7. The second-order valence-corrected chi connectivity index (χ2v) is 7.35. The van der Waals surface area contributed by atoms with Crippen molar-refractivity contribution in [1.82, 2.24) is 10.1 Å². The maximum absolute atomic E-state index is 13.2. The third kappa shape index (κ3) is 2.72. The molecule has 1 aromatic carbocycles. The number of halogens is 3. The van der Waals surface area contributed by atoms with Crippen molar-refractivity contribution in [3.8, 4) is 0 Å². The lowest BCUT2D eigenvalue weighted by Crippen LogP contribution is -2.43. The van der Waals surface area contributed by atoms with Crippen LogP contribution in [0.4, 0.5) is 13.2 Å². The Morgan fingerprint density at radius 2 is 2.04 bits per heavy atom. The minimum Gasteiger partial charge on any atom is -0.375 e. The zero-order chi connectivity index (χ0) is 20.3. The molecule has 6 nitrogen and oxygen atoms in total. The minimum absolute atomic E-state index is 0.0272. The number of alkyl halides is 3. The van der Waals surface area contributed by atoms with Crippen LogP contribution >= 0.6 is 0 Å². The first-order chi connectivity index (χ1) is 13.1. The number of carbonyl (C=O) groups excluding carboxylic acids is 1. The fraction of sp³-hybridized carbons (Fsp3) is 0.421. The number of hydrogen-bond donors (Lipinski definition) is 1. The quantitative estimate of drug-likeness (QED) is 0.851. The molecule has 9 heteroatoms. The smallest absolute Gasteiger partial charge is 0.375 e. The monoisotopic (exact) mass is 393 g/mol. The Morgan fingerprint density at radius 1 is 1.32 bits per heavy atom. The van der Waals surface area contributed by atoms with Crippen molar-refractivity contribution in [2.75, 3.05) is 6.54 Å². The lowest BCUT2D eigenvalue weighted by molar-refractivity contribution is -0.261. The number of benzene rings is 1. The number of nitrogens with zero attached hydrogens (tertiary/aromatic N) is 3. The molecule has 0 saturated heterocycles. The Morgan fingerprint density at radius 3 is 2.75 bits per heavy atom. The minimum atomic E-state index is -4.90. The highest BCUT2D eigenvalue weighted by atomic mass is 19.4. The predicted molar refractivity (Wildman–Crippen MR) is 92.6 cm³/mol. The molecule has 0 spiro atoms. The van der Waals surface area contributed by atoms with Gasteiger partial charge in [0, 0.05) is 23.6 Å². The Labute approximate surface area is 158 Å². The van der Waals surface area contributed by atoms with E-state index in [-0.39, 0.29) is 30.3 Å². The summed E-state index contributed by atoms with van der Waals surface area (Å²) in [5.41, 5.74) is -1.39. The van der Waals surface area contributed by atoms with E-state index in [0.717, 1.165) is 11.1 Å². The van der Waals surface area contributed by atoms with Gasteiger partial charge in [-0.1, -0.05) is 36.3 Å². The fourth-order valence-corrected chi connectivity index (χ4v) is 3.72. The summed E-state index contributed by atoms with van der Waals surface area (Å²) in [6.45, 7) is 2.90. The Hall–Kier alpha value is -2.68. The van der Waals surface area contributed by atoms with E-state index in [0.29, 0.717) is 19.2 Å². The van der Waals surface area contributed by atoms with E-state index >= 15 is 0 Å². The highest BCUT2D eigenvalue weighted by Gasteiger charge is 2.55. The van der Waals surface area contributed by atoms with Gasteiger partial charge in [-0.3, -0.25) is 9.79 Å². The Bertz CT molecular complexity index is 978. The summed E-state index contributed by atoms with van der Waals surface area (Å²) in [6.07, 6.45) is -4.90. The van der Waals surface area contributed by atoms with Crippen molar-refractivity contribution in [2.45, 2.75) is 44.6 Å². The molecule has 28 heavy (non-hydrogen) atoms. The highest BCUT2D eigenvalue weighted by Crippen LogP contribution is 2.43. The van der Waals surface area contributed by atoms with Crippen LogP contribution < -0.4 is 0 Å². The third-order valence-electron chi connectivity index (χ3n) is 5.31. The van der Waals surface area contributed by atoms with Crippen LogP contribution in [0, 0.1) is 0 Å². The summed E-state index contributed by atoms with van der Waals surface area (Å²) in [7, 11) is 0. The molecule has 2 aromatic rings. The normalized spacial score (nSPS) is 21.0. The lowest BCUT2D eigenvalue weighted by Gasteiger charge is -2.32. The third-order valence-corrected chi connectivity index (χ3v) is 5.31. The summed E-state index contributed by atoms with van der Waals surface area (Å²) < 4.78 is 44.8. The molecule has 1 amide bonds. The van der Waals surface area contributed by atoms with Gasteiger partial charge in [0.2, 0.25) is 5.60 Å². The molecular formula is C19H18F3N3O3. The molecule has 0 unspecified atom stereocenters. The van der Waals surface area contributed by atoms with E-state index in [4.69, 9.17) is 4.52 Å². The molecule has 2 atom stereocenters. The Balaban J connectivity index is 1.63. The predicted octanol–water partition coefficient (Wildman–Crippen LogP) is 2.89. The average molecular weight is 393 g/mol. The average Bonchev–Trinajstić information content (AvgIpc) is 3.24. The van der Waals surface area contributed by atoms with E-state index in [1.165, 1.54) is 4.90 Å². The molecule has 3 heterocycles. The summed E-state index contributed by atoms with van der Waals surface area (Å²) in [5.74, 6) is -0.637. The number of carbonyl (C=O) groups is 1. The molecule has 0 bridgehead atoms. The molecule has 2 aliphatic rings. The second-order valence-electron chi connectivity index (χ2n) is 7.35. The van der Waals surface area contributed by atoms with Crippen LogP contribution in [0.5, 0.6) is 0 Å². The molecule has 0 saturated carbocycles. The van der Waals surface area contributed by atoms with Gasteiger partial charge in [-0.2, -0.15) is 13.2 Å². The first-order valence-electron chi connectivity index (χ1n) is 8.81. The van der Waals surface area contributed by atoms with Crippen LogP contribution in [0.25, 0.3) is 0 Å². The topological polar surface area (TPSA) is 78.9 Å². The van der Waals surface area contributed by atoms with Gasteiger partial charge in [0.15, 0.2) is 5.76 Å². The molecule has 148 valence electrons. The number of aliphatic imine (C=N–C) groups is 1. The van der Waals surface area contributed by atoms with Crippen LogP contribution in [0.3, 0.4) is 0 Å². The van der Waals surface area contributed by atoms with Gasteiger partial charge in [-0.05, 0) is 12.5 Å². The maximum Gasteiger partial charge on any atom is 0.422 e. The second kappa shape index (κ2) is 6.16. The van der Waals surface area contributed by atoms with E-state index in [9.17, 15) is 23.1 Å². The molecule has 4 rings (SSSR count). The molecule has 1 N–H and O–H groups in total. The molecule has 2 aliphatic heterocycles. The van der Waals surface area contributed by atoms with Gasteiger partial charge in [0.25, 0.3) is 5.91 Å². The van der Waals surface area contributed by atoms with Gasteiger partial charge in [0.05, 0.1) is 13.1 Å². The lowest BCUT2D eigenvalue weighted by atomic mass is 9.87. The molecular weight excluding hydrogens is 375 g/mol. The summed E-state index contributed by atoms with van der Waals surface area (Å²) in [5, 5.41) is 13.5. The molecule has 0 radical (unpaired) electrons. The van der Waals surface area contributed by atoms with Gasteiger partial charge >= 0.3 is 6.18 Å². The number of rotatable bonds is 2. The van der Waals surface area contributed by atoms with Gasteiger partial charge in [-0.15, -0.1) is 0 Å². The first-order valence-corrected chi connectivity index (χ1v) is 8.81. The van der Waals surface area contributed by atoms with Crippen molar-refractivity contribution in [1.29, 1.82) is 0 Å². The number of aromatic nitrogens is 1. The molecule has 1 aromatic heterocycles. The number of fused-ring (bicyclic) bond motifs is 2. The van der Waals surface area contributed by atoms with Crippen LogP contribution in [0.1, 0.15) is 47.9 Å². The van der Waals surface area contributed by atoms with E-state index in [1.54, 1.807) is 6.92 Å². The molecule has 0 aliphatic carbocycles. The van der Waals surface area contributed by atoms with Crippen molar-refractivity contribution >= 4 is 11.6 Å². The largest absolute Gasteiger partial charge is 0.422 e. The zero-order valence-corrected chi connectivity index (χ0v) is 15.2. The zero-order valence-electron chi connectivity index (χ0n) is 15.2. The van der Waals surface area contributed by atoms with Crippen molar-refractivity contribution < 1.29 is 27.6 Å². The van der Waals surface area contributed by atoms with Crippen LogP contribution in [-0.2, 0) is 23.5 Å². The summed E-state index contributed by atoms with van der Waals surface area (Å²) >= 11 is 0. The number of amides is 1. The number of aliphatic hydroxyl groups is 1. The van der Waals surface area contributed by atoms with Crippen LogP contribution in [-0.4, -0.2) is 39.5 Å². The SMILES string of the molecule is C[C@H]1CN(C(=O)C2=NCc3ccccc32)Cc2onc([C@@](C)(O)C(F)(F)F)c21. The molecule has 0 fully saturated rings. The van der Waals surface area contributed by atoms with Crippen molar-refractivity contribution in [3.05, 3.63) is 52.4 Å². The maximum atomic E-state index is 13.2. The van der Waals surface area contributed by atoms with Crippen molar-refractivity contribution in [3.63, 3.8) is 0 Å². The summed E-state index contributed by atoms with van der Waals surface area (Å²) in [4.78, 5) is 18.8. The van der Waals surface area contributed by atoms with Crippen LogP contribution in [0.2, 0.25) is 0 Å². The van der Waals surface area contributed by atoms with E-state index in [1.807, 2.05) is 24.3 Å².